The van der Waals surface area contributed by atoms with E-state index in [0.29, 0.717) is 5.75 Å². The van der Waals surface area contributed by atoms with Crippen molar-refractivity contribution in [2.75, 3.05) is 6.54 Å². The molecule has 2 nitrogen and oxygen atoms in total. The van der Waals surface area contributed by atoms with Crippen molar-refractivity contribution < 1.29 is 9.50 Å². The van der Waals surface area contributed by atoms with Crippen molar-refractivity contribution in [2.24, 2.45) is 0 Å². The zero-order valence-corrected chi connectivity index (χ0v) is 10.9. The molecule has 0 aliphatic carbocycles. The van der Waals surface area contributed by atoms with Crippen molar-refractivity contribution in [2.45, 2.75) is 19.4 Å². The lowest BCUT2D eigenvalue weighted by molar-refractivity contribution is 0.453. The number of phenolic OH excluding ortho intramolecular Hbond substituents is 1. The minimum absolute atomic E-state index is 0.0646. The monoisotopic (exact) mass is 259 g/mol. The fourth-order valence-corrected chi connectivity index (χ4v) is 2.09. The number of hydrogen-bond donors (Lipinski definition) is 2. The highest BCUT2D eigenvalue weighted by Gasteiger charge is 2.08. The summed E-state index contributed by atoms with van der Waals surface area (Å²) in [6.45, 7) is 2.74. The van der Waals surface area contributed by atoms with Crippen molar-refractivity contribution >= 4 is 0 Å². The van der Waals surface area contributed by atoms with Gasteiger partial charge >= 0.3 is 0 Å². The Bertz CT molecular complexity index is 542. The van der Waals surface area contributed by atoms with Gasteiger partial charge in [-0.25, -0.2) is 4.39 Å². The summed E-state index contributed by atoms with van der Waals surface area (Å²) in [5, 5.41) is 13.1. The molecule has 0 heterocycles. The van der Waals surface area contributed by atoms with Gasteiger partial charge in [-0.3, -0.25) is 0 Å². The quantitative estimate of drug-likeness (QED) is 0.862. The lowest BCUT2D eigenvalue weighted by Gasteiger charge is -2.15. The molecule has 0 aromatic heterocycles. The average molecular weight is 259 g/mol. The van der Waals surface area contributed by atoms with E-state index in [1.54, 1.807) is 24.3 Å². The number of halogens is 1. The number of benzene rings is 2. The molecule has 0 amide bonds. The van der Waals surface area contributed by atoms with Crippen LogP contribution in [0.15, 0.2) is 48.5 Å². The van der Waals surface area contributed by atoms with Crippen LogP contribution in [-0.4, -0.2) is 11.7 Å². The smallest absolute Gasteiger partial charge is 0.123 e. The van der Waals surface area contributed by atoms with Crippen LogP contribution in [0.1, 0.15) is 24.1 Å². The summed E-state index contributed by atoms with van der Waals surface area (Å²) in [7, 11) is 0. The highest BCUT2D eigenvalue weighted by Crippen LogP contribution is 2.22. The molecule has 3 heteroatoms. The molecule has 0 aliphatic heterocycles. The zero-order chi connectivity index (χ0) is 13.7. The fourth-order valence-electron chi connectivity index (χ4n) is 2.09. The molecule has 2 aromatic rings. The summed E-state index contributed by atoms with van der Waals surface area (Å²) in [6.07, 6.45) is 0.760. The van der Waals surface area contributed by atoms with Gasteiger partial charge in [-0.05, 0) is 43.7 Å². The van der Waals surface area contributed by atoms with E-state index in [-0.39, 0.29) is 11.9 Å². The number of aromatic hydroxyl groups is 1. The second-order valence-corrected chi connectivity index (χ2v) is 4.61. The standard InChI is InChI=1S/C16H18FNO/c1-12(15-7-2-3-8-16(15)19)18-10-9-13-5-4-6-14(17)11-13/h2-8,11-12,18-19H,9-10H2,1H3. The third-order valence-electron chi connectivity index (χ3n) is 3.16. The Balaban J connectivity index is 1.88. The van der Waals surface area contributed by atoms with Crippen molar-refractivity contribution in [3.63, 3.8) is 0 Å². The van der Waals surface area contributed by atoms with Crippen molar-refractivity contribution in [1.82, 2.24) is 5.32 Å². The van der Waals surface area contributed by atoms with Crippen LogP contribution in [0.3, 0.4) is 0 Å². The molecular weight excluding hydrogens is 241 g/mol. The van der Waals surface area contributed by atoms with Gasteiger partial charge in [-0.2, -0.15) is 0 Å². The van der Waals surface area contributed by atoms with Gasteiger partial charge in [0.25, 0.3) is 0 Å². The Hall–Kier alpha value is -1.87. The van der Waals surface area contributed by atoms with Crippen LogP contribution >= 0.6 is 0 Å². The van der Waals surface area contributed by atoms with E-state index in [4.69, 9.17) is 0 Å². The normalized spacial score (nSPS) is 12.3. The lowest BCUT2D eigenvalue weighted by Crippen LogP contribution is -2.21. The van der Waals surface area contributed by atoms with E-state index in [1.165, 1.54) is 6.07 Å². The van der Waals surface area contributed by atoms with Gasteiger partial charge in [0.05, 0.1) is 0 Å². The molecule has 0 bridgehead atoms. The van der Waals surface area contributed by atoms with Gasteiger partial charge in [-0.1, -0.05) is 30.3 Å². The lowest BCUT2D eigenvalue weighted by atomic mass is 10.1. The molecule has 0 spiro atoms. The van der Waals surface area contributed by atoms with E-state index >= 15 is 0 Å². The molecule has 1 atom stereocenters. The number of nitrogens with one attached hydrogen (secondary N) is 1. The van der Waals surface area contributed by atoms with Gasteiger partial charge in [-0.15, -0.1) is 0 Å². The molecule has 2 aromatic carbocycles. The Morgan fingerprint density at radius 1 is 1.16 bits per heavy atom. The highest BCUT2D eigenvalue weighted by atomic mass is 19.1. The Kier molecular flexibility index (Phi) is 4.53. The van der Waals surface area contributed by atoms with Crippen LogP contribution in [-0.2, 0) is 6.42 Å². The zero-order valence-electron chi connectivity index (χ0n) is 10.9. The van der Waals surface area contributed by atoms with Gasteiger partial charge in [0.2, 0.25) is 0 Å². The summed E-state index contributed by atoms with van der Waals surface area (Å²) in [6, 6.07) is 14.0. The fraction of sp³-hybridized carbons (Fsp3) is 0.250. The van der Waals surface area contributed by atoms with Crippen molar-refractivity contribution in [1.29, 1.82) is 0 Å². The van der Waals surface area contributed by atoms with Crippen LogP contribution in [0.2, 0.25) is 0 Å². The van der Waals surface area contributed by atoms with E-state index < -0.39 is 0 Å². The second kappa shape index (κ2) is 6.34. The molecule has 0 saturated carbocycles. The van der Waals surface area contributed by atoms with Gasteiger partial charge in [0, 0.05) is 11.6 Å². The predicted molar refractivity (Wildman–Crippen MR) is 74.6 cm³/mol. The number of phenols is 1. The first-order chi connectivity index (χ1) is 9.16. The van der Waals surface area contributed by atoms with Crippen LogP contribution in [0.4, 0.5) is 4.39 Å². The van der Waals surface area contributed by atoms with Crippen LogP contribution in [0.25, 0.3) is 0 Å². The molecule has 0 aliphatic rings. The third-order valence-corrected chi connectivity index (χ3v) is 3.16. The maximum Gasteiger partial charge on any atom is 0.123 e. The van der Waals surface area contributed by atoms with E-state index in [2.05, 4.69) is 5.32 Å². The molecule has 1 unspecified atom stereocenters. The molecule has 0 fully saturated rings. The highest BCUT2D eigenvalue weighted by molar-refractivity contribution is 5.34. The SMILES string of the molecule is CC(NCCc1cccc(F)c1)c1ccccc1O. The first kappa shape index (κ1) is 13.6. The number of rotatable bonds is 5. The van der Waals surface area contributed by atoms with Crippen molar-refractivity contribution in [3.8, 4) is 5.75 Å². The van der Waals surface area contributed by atoms with Gasteiger partial charge in [0.1, 0.15) is 11.6 Å². The molecule has 2 N–H and O–H groups in total. The Morgan fingerprint density at radius 3 is 2.68 bits per heavy atom. The maximum atomic E-state index is 13.0. The first-order valence-electron chi connectivity index (χ1n) is 6.42. The van der Waals surface area contributed by atoms with Crippen LogP contribution in [0.5, 0.6) is 5.75 Å². The molecule has 100 valence electrons. The summed E-state index contributed by atoms with van der Waals surface area (Å²) in [4.78, 5) is 0. The number of hydrogen-bond acceptors (Lipinski definition) is 2. The molecule has 0 radical (unpaired) electrons. The van der Waals surface area contributed by atoms with Crippen molar-refractivity contribution in [3.05, 3.63) is 65.5 Å². The van der Waals surface area contributed by atoms with E-state index in [9.17, 15) is 9.50 Å². The minimum atomic E-state index is -0.203. The number of para-hydroxylation sites is 1. The van der Waals surface area contributed by atoms with Crippen LogP contribution < -0.4 is 5.32 Å². The topological polar surface area (TPSA) is 32.3 Å². The largest absolute Gasteiger partial charge is 0.508 e. The summed E-state index contributed by atoms with van der Waals surface area (Å²) in [5.41, 5.74) is 1.85. The molecule has 19 heavy (non-hydrogen) atoms. The Morgan fingerprint density at radius 2 is 1.95 bits per heavy atom. The van der Waals surface area contributed by atoms with Crippen LogP contribution in [0, 0.1) is 5.82 Å². The summed E-state index contributed by atoms with van der Waals surface area (Å²) in [5.74, 6) is 0.0968. The average Bonchev–Trinajstić information content (AvgIpc) is 2.39. The van der Waals surface area contributed by atoms with E-state index in [1.807, 2.05) is 25.1 Å². The molecule has 2 rings (SSSR count). The maximum absolute atomic E-state index is 13.0. The van der Waals surface area contributed by atoms with Gasteiger partial charge in [0.15, 0.2) is 0 Å². The van der Waals surface area contributed by atoms with Gasteiger partial charge < -0.3 is 10.4 Å². The predicted octanol–water partition coefficient (Wildman–Crippen LogP) is 3.42. The summed E-state index contributed by atoms with van der Waals surface area (Å²) >= 11 is 0. The Labute approximate surface area is 112 Å². The summed E-state index contributed by atoms with van der Waals surface area (Å²) < 4.78 is 13.0. The first-order valence-corrected chi connectivity index (χ1v) is 6.42. The third kappa shape index (κ3) is 3.80. The molecule has 0 saturated heterocycles. The van der Waals surface area contributed by atoms with E-state index in [0.717, 1.165) is 24.1 Å². The second-order valence-electron chi connectivity index (χ2n) is 4.61. The minimum Gasteiger partial charge on any atom is -0.508 e. The molecular formula is C16H18FNO.